The molecular weight excluding hydrogens is 254 g/mol. The predicted octanol–water partition coefficient (Wildman–Crippen LogP) is 1.23. The van der Waals surface area contributed by atoms with Crippen molar-refractivity contribution in [2.24, 2.45) is 0 Å². The van der Waals surface area contributed by atoms with Crippen LogP contribution in [0.25, 0.3) is 0 Å². The molecular formula is C12H19NO4S. The first-order valence-corrected chi connectivity index (χ1v) is 7.42. The number of ether oxygens (including phenoxy) is 2. The van der Waals surface area contributed by atoms with Gasteiger partial charge in [-0.2, -0.15) is 0 Å². The summed E-state index contributed by atoms with van der Waals surface area (Å²) in [6, 6.07) is 4.99. The maximum atomic E-state index is 11.9. The number of methoxy groups -OCH3 is 2. The number of benzene rings is 1. The largest absolute Gasteiger partial charge is 0.496 e. The normalized spacial score (nSPS) is 11.4. The topological polar surface area (TPSA) is 78.6 Å². The third-order valence-corrected chi connectivity index (χ3v) is 4.15. The molecule has 6 heteroatoms. The highest BCUT2D eigenvalue weighted by Gasteiger charge is 2.15. The molecule has 0 saturated heterocycles. The zero-order chi connectivity index (χ0) is 13.6. The van der Waals surface area contributed by atoms with E-state index in [0.29, 0.717) is 30.0 Å². The van der Waals surface area contributed by atoms with E-state index < -0.39 is 9.84 Å². The molecule has 0 bridgehead atoms. The van der Waals surface area contributed by atoms with Gasteiger partial charge in [-0.1, -0.05) is 0 Å². The zero-order valence-electron chi connectivity index (χ0n) is 10.7. The Hall–Kier alpha value is -1.27. The number of hydrogen-bond donors (Lipinski definition) is 1. The van der Waals surface area contributed by atoms with Gasteiger partial charge in [0.1, 0.15) is 5.75 Å². The van der Waals surface area contributed by atoms with Gasteiger partial charge in [0.05, 0.1) is 18.6 Å². The Labute approximate surface area is 108 Å². The highest BCUT2D eigenvalue weighted by atomic mass is 32.2. The molecule has 0 aromatic heterocycles. The number of sulfone groups is 1. The van der Waals surface area contributed by atoms with Gasteiger partial charge >= 0.3 is 0 Å². The summed E-state index contributed by atoms with van der Waals surface area (Å²) in [5, 5.41) is 0. The smallest absolute Gasteiger partial charge is 0.154 e. The van der Waals surface area contributed by atoms with Crippen LogP contribution in [0.5, 0.6) is 5.75 Å². The molecule has 0 saturated carbocycles. The van der Waals surface area contributed by atoms with E-state index in [1.54, 1.807) is 25.3 Å². The van der Waals surface area contributed by atoms with Crippen LogP contribution >= 0.6 is 0 Å². The molecule has 1 rings (SSSR count). The Balaban J connectivity index is 2.79. The lowest BCUT2D eigenvalue weighted by Gasteiger charge is -2.10. The van der Waals surface area contributed by atoms with Crippen LogP contribution in [0.15, 0.2) is 18.2 Å². The summed E-state index contributed by atoms with van der Waals surface area (Å²) in [7, 11) is -0.116. The minimum absolute atomic E-state index is 0.0646. The quantitative estimate of drug-likeness (QED) is 0.597. The molecule has 0 amide bonds. The second kappa shape index (κ2) is 6.61. The molecule has 0 atom stereocenters. The summed E-state index contributed by atoms with van der Waals surface area (Å²) in [6.45, 7) is 0.438. The minimum Gasteiger partial charge on any atom is -0.496 e. The molecule has 18 heavy (non-hydrogen) atoms. The van der Waals surface area contributed by atoms with Gasteiger partial charge in [-0.3, -0.25) is 0 Å². The van der Waals surface area contributed by atoms with E-state index in [4.69, 9.17) is 15.2 Å². The first kappa shape index (κ1) is 14.8. The Morgan fingerprint density at radius 2 is 2.00 bits per heavy atom. The summed E-state index contributed by atoms with van der Waals surface area (Å²) in [5.74, 6) is 0.573. The molecule has 102 valence electrons. The molecule has 5 nitrogen and oxygen atoms in total. The highest BCUT2D eigenvalue weighted by Crippen LogP contribution is 2.23. The first-order chi connectivity index (χ1) is 8.48. The van der Waals surface area contributed by atoms with E-state index in [2.05, 4.69) is 0 Å². The van der Waals surface area contributed by atoms with Gasteiger partial charge in [0.15, 0.2) is 9.84 Å². The minimum atomic E-state index is -3.17. The molecule has 0 aliphatic carbocycles. The fourth-order valence-corrected chi connectivity index (χ4v) is 3.05. The number of nitrogens with two attached hydrogens (primary N) is 1. The summed E-state index contributed by atoms with van der Waals surface area (Å²) < 4.78 is 33.8. The number of anilines is 1. The third kappa shape index (κ3) is 4.54. The Morgan fingerprint density at radius 3 is 2.61 bits per heavy atom. The molecule has 0 radical (unpaired) electrons. The van der Waals surface area contributed by atoms with Crippen molar-refractivity contribution in [3.63, 3.8) is 0 Å². The van der Waals surface area contributed by atoms with Crippen LogP contribution in [0, 0.1) is 0 Å². The van der Waals surface area contributed by atoms with Crippen molar-refractivity contribution in [2.75, 3.05) is 32.3 Å². The van der Waals surface area contributed by atoms with E-state index in [-0.39, 0.29) is 11.5 Å². The molecule has 1 aromatic rings. The lowest BCUT2D eigenvalue weighted by atomic mass is 10.2. The molecule has 0 aliphatic heterocycles. The second-order valence-electron chi connectivity index (χ2n) is 4.01. The molecule has 0 unspecified atom stereocenters. The van der Waals surface area contributed by atoms with Crippen LogP contribution in [0.2, 0.25) is 0 Å². The molecule has 0 fully saturated rings. The van der Waals surface area contributed by atoms with E-state index in [1.807, 2.05) is 0 Å². The van der Waals surface area contributed by atoms with Crippen LogP contribution in [0.1, 0.15) is 12.0 Å². The van der Waals surface area contributed by atoms with E-state index in [0.717, 1.165) is 0 Å². The van der Waals surface area contributed by atoms with Gasteiger partial charge in [-0.05, 0) is 24.6 Å². The van der Waals surface area contributed by atoms with Crippen LogP contribution in [0.4, 0.5) is 5.69 Å². The molecule has 0 spiro atoms. The van der Waals surface area contributed by atoms with Gasteiger partial charge in [-0.15, -0.1) is 0 Å². The third-order valence-electron chi connectivity index (χ3n) is 2.48. The SMILES string of the molecule is COCCCS(=O)(=O)Cc1cc(N)ccc1OC. The van der Waals surface area contributed by atoms with Crippen LogP contribution in [0.3, 0.4) is 0 Å². The van der Waals surface area contributed by atoms with Crippen molar-refractivity contribution in [1.29, 1.82) is 0 Å². The summed E-state index contributed by atoms with van der Waals surface area (Å²) in [5.41, 5.74) is 6.77. The Kier molecular flexibility index (Phi) is 5.43. The van der Waals surface area contributed by atoms with Gasteiger partial charge in [0.2, 0.25) is 0 Å². The fourth-order valence-electron chi connectivity index (χ4n) is 1.64. The standard InChI is InChI=1S/C12H19NO4S/c1-16-6-3-7-18(14,15)9-10-8-11(13)4-5-12(10)17-2/h4-5,8H,3,6-7,9,13H2,1-2H3. The van der Waals surface area contributed by atoms with Crippen LogP contribution < -0.4 is 10.5 Å². The summed E-state index contributed by atoms with van der Waals surface area (Å²) in [4.78, 5) is 0. The monoisotopic (exact) mass is 273 g/mol. The van der Waals surface area contributed by atoms with Gasteiger partial charge < -0.3 is 15.2 Å². The Morgan fingerprint density at radius 1 is 1.28 bits per heavy atom. The number of hydrogen-bond acceptors (Lipinski definition) is 5. The predicted molar refractivity (Wildman–Crippen MR) is 71.4 cm³/mol. The number of nitrogen functional groups attached to an aromatic ring is 1. The first-order valence-electron chi connectivity index (χ1n) is 5.60. The highest BCUT2D eigenvalue weighted by molar-refractivity contribution is 7.90. The molecule has 2 N–H and O–H groups in total. The van der Waals surface area contributed by atoms with Crippen molar-refractivity contribution >= 4 is 15.5 Å². The van der Waals surface area contributed by atoms with Crippen molar-refractivity contribution in [1.82, 2.24) is 0 Å². The van der Waals surface area contributed by atoms with Gasteiger partial charge in [0.25, 0.3) is 0 Å². The van der Waals surface area contributed by atoms with Crippen molar-refractivity contribution < 1.29 is 17.9 Å². The average Bonchev–Trinajstić information content (AvgIpc) is 2.29. The Bertz CT molecular complexity index is 485. The van der Waals surface area contributed by atoms with Gasteiger partial charge in [-0.25, -0.2) is 8.42 Å². The maximum Gasteiger partial charge on any atom is 0.154 e. The summed E-state index contributed by atoms with van der Waals surface area (Å²) >= 11 is 0. The zero-order valence-corrected chi connectivity index (χ0v) is 11.5. The van der Waals surface area contributed by atoms with E-state index in [1.165, 1.54) is 7.11 Å². The summed E-state index contributed by atoms with van der Waals surface area (Å²) in [6.07, 6.45) is 0.490. The number of rotatable bonds is 7. The fraction of sp³-hybridized carbons (Fsp3) is 0.500. The van der Waals surface area contributed by atoms with Crippen LogP contribution in [-0.4, -0.2) is 35.0 Å². The lowest BCUT2D eigenvalue weighted by molar-refractivity contribution is 0.199. The van der Waals surface area contributed by atoms with Crippen molar-refractivity contribution in [3.8, 4) is 5.75 Å². The molecule has 1 aromatic carbocycles. The lowest BCUT2D eigenvalue weighted by Crippen LogP contribution is -2.12. The maximum absolute atomic E-state index is 11.9. The molecule has 0 heterocycles. The van der Waals surface area contributed by atoms with Crippen molar-refractivity contribution in [2.45, 2.75) is 12.2 Å². The molecule has 0 aliphatic rings. The average molecular weight is 273 g/mol. The van der Waals surface area contributed by atoms with E-state index in [9.17, 15) is 8.42 Å². The van der Waals surface area contributed by atoms with Gasteiger partial charge in [0, 0.05) is 25.0 Å². The second-order valence-corrected chi connectivity index (χ2v) is 6.19. The van der Waals surface area contributed by atoms with Crippen LogP contribution in [-0.2, 0) is 20.3 Å². The van der Waals surface area contributed by atoms with Crippen molar-refractivity contribution in [3.05, 3.63) is 23.8 Å². The van der Waals surface area contributed by atoms with E-state index >= 15 is 0 Å².